The molecule has 0 amide bonds. The Morgan fingerprint density at radius 3 is 2.47 bits per heavy atom. The zero-order chi connectivity index (χ0) is 12.1. The second kappa shape index (κ2) is 6.15. The van der Waals surface area contributed by atoms with E-state index in [1.54, 1.807) is 0 Å². The van der Waals surface area contributed by atoms with E-state index >= 15 is 0 Å². The maximum absolute atomic E-state index is 6.45. The summed E-state index contributed by atoms with van der Waals surface area (Å²) in [7, 11) is 0. The maximum Gasteiger partial charge on any atom is 0.0447 e. The van der Waals surface area contributed by atoms with Crippen LogP contribution in [0.5, 0.6) is 0 Å². The normalized spacial score (nSPS) is 21.8. The first-order valence-electron chi connectivity index (χ1n) is 6.95. The minimum atomic E-state index is 0.267. The van der Waals surface area contributed by atoms with Gasteiger partial charge in [-0.2, -0.15) is 0 Å². The lowest BCUT2D eigenvalue weighted by Crippen LogP contribution is -2.35. The Balaban J connectivity index is 2.00. The van der Waals surface area contributed by atoms with Gasteiger partial charge in [-0.15, -0.1) is 0 Å². The summed E-state index contributed by atoms with van der Waals surface area (Å²) in [4.78, 5) is 4.44. The Kier molecular flexibility index (Phi) is 4.55. The van der Waals surface area contributed by atoms with Crippen molar-refractivity contribution in [3.05, 3.63) is 30.1 Å². The average molecular weight is 232 g/mol. The highest BCUT2D eigenvalue weighted by molar-refractivity contribution is 5.11. The summed E-state index contributed by atoms with van der Waals surface area (Å²) in [6.07, 6.45) is 9.96. The number of hydrogen-bond donors (Lipinski definition) is 1. The lowest BCUT2D eigenvalue weighted by atomic mass is 9.83. The molecule has 0 spiro atoms. The van der Waals surface area contributed by atoms with Crippen molar-refractivity contribution in [3.8, 4) is 0 Å². The molecule has 2 nitrogen and oxygen atoms in total. The number of nitrogens with two attached hydrogens (primary N) is 1. The third kappa shape index (κ3) is 3.29. The van der Waals surface area contributed by atoms with E-state index in [9.17, 15) is 0 Å². The Hall–Kier alpha value is -0.890. The van der Waals surface area contributed by atoms with E-state index in [0.29, 0.717) is 11.8 Å². The summed E-state index contributed by atoms with van der Waals surface area (Å²) >= 11 is 0. The predicted octanol–water partition coefficient (Wildman–Crippen LogP) is 3.48. The summed E-state index contributed by atoms with van der Waals surface area (Å²) < 4.78 is 0. The van der Waals surface area contributed by atoms with Crippen LogP contribution in [-0.4, -0.2) is 11.0 Å². The molecule has 0 radical (unpaired) electrons. The fraction of sp³-hybridized carbons (Fsp3) is 0.667. The van der Waals surface area contributed by atoms with E-state index in [0.717, 1.165) is 5.69 Å². The fourth-order valence-corrected chi connectivity index (χ4v) is 2.95. The van der Waals surface area contributed by atoms with E-state index < -0.39 is 0 Å². The SMILES string of the molecule is CC(c1ccccn1)C(N)C1CCCCCC1. The Morgan fingerprint density at radius 1 is 1.18 bits per heavy atom. The summed E-state index contributed by atoms with van der Waals surface area (Å²) in [5.41, 5.74) is 7.60. The monoisotopic (exact) mass is 232 g/mol. The van der Waals surface area contributed by atoms with E-state index in [1.807, 2.05) is 12.3 Å². The molecule has 2 atom stereocenters. The van der Waals surface area contributed by atoms with Crippen LogP contribution in [0.3, 0.4) is 0 Å². The maximum atomic E-state index is 6.45. The van der Waals surface area contributed by atoms with E-state index in [-0.39, 0.29) is 6.04 Å². The first-order chi connectivity index (χ1) is 8.29. The molecule has 1 aromatic rings. The Morgan fingerprint density at radius 2 is 1.88 bits per heavy atom. The van der Waals surface area contributed by atoms with Gasteiger partial charge in [-0.1, -0.05) is 38.7 Å². The molecule has 0 aliphatic heterocycles. The van der Waals surface area contributed by atoms with Crippen molar-refractivity contribution >= 4 is 0 Å². The number of hydrogen-bond acceptors (Lipinski definition) is 2. The second-order valence-corrected chi connectivity index (χ2v) is 5.37. The highest BCUT2D eigenvalue weighted by Gasteiger charge is 2.25. The quantitative estimate of drug-likeness (QED) is 0.810. The number of aromatic nitrogens is 1. The molecule has 1 fully saturated rings. The van der Waals surface area contributed by atoms with Crippen molar-refractivity contribution in [1.82, 2.24) is 4.98 Å². The molecule has 1 aliphatic rings. The zero-order valence-corrected chi connectivity index (χ0v) is 10.8. The van der Waals surface area contributed by atoms with Crippen LogP contribution < -0.4 is 5.73 Å². The highest BCUT2D eigenvalue weighted by Crippen LogP contribution is 2.30. The summed E-state index contributed by atoms with van der Waals surface area (Å²) in [5, 5.41) is 0. The van der Waals surface area contributed by atoms with Gasteiger partial charge in [-0.25, -0.2) is 0 Å². The zero-order valence-electron chi connectivity index (χ0n) is 10.8. The van der Waals surface area contributed by atoms with Gasteiger partial charge in [0.2, 0.25) is 0 Å². The van der Waals surface area contributed by atoms with Crippen LogP contribution in [-0.2, 0) is 0 Å². The van der Waals surface area contributed by atoms with E-state index in [2.05, 4.69) is 24.0 Å². The predicted molar refractivity (Wildman–Crippen MR) is 71.8 cm³/mol. The molecule has 2 rings (SSSR count). The molecule has 0 aromatic carbocycles. The van der Waals surface area contributed by atoms with Gasteiger partial charge < -0.3 is 5.73 Å². The lowest BCUT2D eigenvalue weighted by Gasteiger charge is -2.27. The van der Waals surface area contributed by atoms with Gasteiger partial charge in [0.25, 0.3) is 0 Å². The fourth-order valence-electron chi connectivity index (χ4n) is 2.95. The van der Waals surface area contributed by atoms with Crippen molar-refractivity contribution < 1.29 is 0 Å². The van der Waals surface area contributed by atoms with Gasteiger partial charge in [0, 0.05) is 23.9 Å². The highest BCUT2D eigenvalue weighted by atomic mass is 14.7. The molecule has 2 unspecified atom stereocenters. The van der Waals surface area contributed by atoms with E-state index in [4.69, 9.17) is 5.73 Å². The summed E-state index contributed by atoms with van der Waals surface area (Å²) in [5.74, 6) is 1.06. The van der Waals surface area contributed by atoms with Gasteiger partial charge >= 0.3 is 0 Å². The molecular weight excluding hydrogens is 208 g/mol. The van der Waals surface area contributed by atoms with Gasteiger partial charge in [0.15, 0.2) is 0 Å². The molecule has 2 heteroatoms. The molecule has 1 aromatic heterocycles. The molecule has 0 saturated heterocycles. The number of rotatable bonds is 3. The molecule has 1 aliphatic carbocycles. The lowest BCUT2D eigenvalue weighted by molar-refractivity contribution is 0.338. The number of nitrogens with zero attached hydrogens (tertiary/aromatic N) is 1. The van der Waals surface area contributed by atoms with Crippen LogP contribution in [0.4, 0.5) is 0 Å². The van der Waals surface area contributed by atoms with E-state index in [1.165, 1.54) is 38.5 Å². The summed E-state index contributed by atoms with van der Waals surface area (Å²) in [6.45, 7) is 2.22. The molecular formula is C15H24N2. The topological polar surface area (TPSA) is 38.9 Å². The number of pyridine rings is 1. The molecule has 0 bridgehead atoms. The molecule has 1 heterocycles. The van der Waals surface area contributed by atoms with Crippen LogP contribution in [0.25, 0.3) is 0 Å². The molecule has 1 saturated carbocycles. The third-order valence-electron chi connectivity index (χ3n) is 4.18. The molecule has 2 N–H and O–H groups in total. The Bertz CT molecular complexity index is 315. The first-order valence-corrected chi connectivity index (χ1v) is 6.95. The third-order valence-corrected chi connectivity index (χ3v) is 4.18. The van der Waals surface area contributed by atoms with Gasteiger partial charge in [-0.05, 0) is 30.9 Å². The largest absolute Gasteiger partial charge is 0.327 e. The van der Waals surface area contributed by atoms with Crippen LogP contribution in [0, 0.1) is 5.92 Å². The minimum absolute atomic E-state index is 0.267. The first kappa shape index (κ1) is 12.6. The second-order valence-electron chi connectivity index (χ2n) is 5.37. The van der Waals surface area contributed by atoms with Crippen LogP contribution in [0.1, 0.15) is 57.1 Å². The van der Waals surface area contributed by atoms with Crippen molar-refractivity contribution in [2.75, 3.05) is 0 Å². The van der Waals surface area contributed by atoms with Gasteiger partial charge in [0.05, 0.1) is 0 Å². The van der Waals surface area contributed by atoms with Gasteiger partial charge in [0.1, 0.15) is 0 Å². The Labute approximate surface area is 105 Å². The average Bonchev–Trinajstić information content (AvgIpc) is 2.67. The minimum Gasteiger partial charge on any atom is -0.327 e. The smallest absolute Gasteiger partial charge is 0.0447 e. The van der Waals surface area contributed by atoms with Crippen LogP contribution >= 0.6 is 0 Å². The van der Waals surface area contributed by atoms with Crippen molar-refractivity contribution in [2.45, 2.75) is 57.4 Å². The van der Waals surface area contributed by atoms with Crippen molar-refractivity contribution in [2.24, 2.45) is 11.7 Å². The summed E-state index contributed by atoms with van der Waals surface area (Å²) in [6, 6.07) is 6.38. The van der Waals surface area contributed by atoms with Crippen LogP contribution in [0.2, 0.25) is 0 Å². The molecule has 17 heavy (non-hydrogen) atoms. The van der Waals surface area contributed by atoms with Crippen molar-refractivity contribution in [1.29, 1.82) is 0 Å². The van der Waals surface area contributed by atoms with Crippen molar-refractivity contribution in [3.63, 3.8) is 0 Å². The standard InChI is InChI=1S/C15H24N2/c1-12(14-10-6-7-11-17-14)15(16)13-8-4-2-3-5-9-13/h6-7,10-13,15H,2-5,8-9,16H2,1H3. The molecule has 94 valence electrons. The van der Waals surface area contributed by atoms with Crippen LogP contribution in [0.15, 0.2) is 24.4 Å². The van der Waals surface area contributed by atoms with Gasteiger partial charge in [-0.3, -0.25) is 4.98 Å².